The van der Waals surface area contributed by atoms with Gasteiger partial charge in [0.25, 0.3) is 0 Å². The first kappa shape index (κ1) is 23.2. The number of aliphatic imine (C=N–C) groups is 1. The van der Waals surface area contributed by atoms with Crippen molar-refractivity contribution in [2.75, 3.05) is 20.0 Å². The molecule has 32 heavy (non-hydrogen) atoms. The van der Waals surface area contributed by atoms with Gasteiger partial charge in [-0.15, -0.1) is 0 Å². The van der Waals surface area contributed by atoms with Gasteiger partial charge in [-0.1, -0.05) is 43.0 Å². The molecule has 0 saturated heterocycles. The molecule has 6 heteroatoms. The van der Waals surface area contributed by atoms with Gasteiger partial charge in [-0.2, -0.15) is 5.26 Å². The van der Waals surface area contributed by atoms with E-state index in [0.29, 0.717) is 18.7 Å². The van der Waals surface area contributed by atoms with Crippen LogP contribution in [0.3, 0.4) is 0 Å². The Hall–Kier alpha value is -3.43. The van der Waals surface area contributed by atoms with Gasteiger partial charge in [-0.05, 0) is 65.4 Å². The number of methoxy groups -OCH3 is 2. The zero-order valence-corrected chi connectivity index (χ0v) is 19.4. The van der Waals surface area contributed by atoms with Gasteiger partial charge in [0, 0.05) is 13.1 Å². The molecule has 0 aliphatic carbocycles. The topological polar surface area (TPSA) is 57.9 Å². The van der Waals surface area contributed by atoms with Gasteiger partial charge in [0.15, 0.2) is 5.17 Å². The van der Waals surface area contributed by atoms with Gasteiger partial charge in [0.1, 0.15) is 11.5 Å². The molecule has 0 radical (unpaired) electrons. The summed E-state index contributed by atoms with van der Waals surface area (Å²) >= 11 is 1.70. The highest BCUT2D eigenvalue weighted by Gasteiger charge is 2.14. The molecule has 0 aromatic heterocycles. The van der Waals surface area contributed by atoms with E-state index in [-0.39, 0.29) is 0 Å². The van der Waals surface area contributed by atoms with Crippen molar-refractivity contribution in [1.82, 2.24) is 4.90 Å². The lowest BCUT2D eigenvalue weighted by molar-refractivity contribution is 0.405. The average Bonchev–Trinajstić information content (AvgIpc) is 2.84. The first-order chi connectivity index (χ1) is 15.6. The predicted molar refractivity (Wildman–Crippen MR) is 132 cm³/mol. The Kier molecular flexibility index (Phi) is 8.59. The number of benzene rings is 3. The third-order valence-electron chi connectivity index (χ3n) is 4.83. The van der Waals surface area contributed by atoms with Crippen LogP contribution >= 0.6 is 11.8 Å². The molecule has 3 aromatic rings. The number of thioether (sulfide) groups is 1. The summed E-state index contributed by atoms with van der Waals surface area (Å²) in [7, 11) is 3.34. The maximum Gasteiger partial charge on any atom is 0.164 e. The van der Waals surface area contributed by atoms with E-state index in [4.69, 9.17) is 19.7 Å². The number of amidine groups is 1. The number of nitriles is 1. The number of rotatable bonds is 8. The van der Waals surface area contributed by atoms with Gasteiger partial charge in [-0.3, -0.25) is 0 Å². The molecule has 0 aliphatic rings. The molecule has 0 N–H and O–H groups in total. The molecule has 0 atom stereocenters. The summed E-state index contributed by atoms with van der Waals surface area (Å²) in [6.45, 7) is 3.54. The fraction of sp³-hybridized carbons (Fsp3) is 0.231. The second kappa shape index (κ2) is 11.8. The molecule has 0 amide bonds. The molecule has 164 valence electrons. The van der Waals surface area contributed by atoms with Crippen molar-refractivity contribution in [2.45, 2.75) is 20.0 Å². The summed E-state index contributed by atoms with van der Waals surface area (Å²) in [5.41, 5.74) is 3.79. The van der Waals surface area contributed by atoms with Crippen molar-refractivity contribution < 1.29 is 9.47 Å². The minimum Gasteiger partial charge on any atom is -0.497 e. The van der Waals surface area contributed by atoms with Crippen molar-refractivity contribution >= 4 is 22.6 Å². The van der Waals surface area contributed by atoms with E-state index in [9.17, 15) is 0 Å². The Bertz CT molecular complexity index is 1010. The fourth-order valence-corrected chi connectivity index (χ4v) is 3.88. The lowest BCUT2D eigenvalue weighted by Gasteiger charge is -2.26. The minimum absolute atomic E-state index is 0.627. The fourth-order valence-electron chi connectivity index (χ4n) is 3.14. The Balaban J connectivity index is 1.93. The summed E-state index contributed by atoms with van der Waals surface area (Å²) in [6, 6.07) is 25.7. The average molecular weight is 446 g/mol. The highest BCUT2D eigenvalue weighted by molar-refractivity contribution is 8.13. The van der Waals surface area contributed by atoms with Crippen LogP contribution < -0.4 is 9.47 Å². The first-order valence-corrected chi connectivity index (χ1v) is 11.4. The molecule has 0 saturated carbocycles. The third-order valence-corrected chi connectivity index (χ3v) is 5.73. The van der Waals surface area contributed by atoms with Crippen molar-refractivity contribution in [1.29, 1.82) is 5.26 Å². The van der Waals surface area contributed by atoms with Crippen molar-refractivity contribution in [2.24, 2.45) is 4.99 Å². The number of ether oxygens (including phenoxy) is 2. The highest BCUT2D eigenvalue weighted by atomic mass is 32.2. The SMILES string of the molecule is CCSC(=Nc1ccc(C#N)cc1)N(Cc1ccc(OC)cc1)Cc1ccc(OC)cc1. The molecular weight excluding hydrogens is 418 g/mol. The van der Waals surface area contributed by atoms with E-state index < -0.39 is 0 Å². The molecule has 0 unspecified atom stereocenters. The van der Waals surface area contributed by atoms with E-state index in [0.717, 1.165) is 28.1 Å². The lowest BCUT2D eigenvalue weighted by Crippen LogP contribution is -2.28. The van der Waals surface area contributed by atoms with E-state index in [1.165, 1.54) is 11.1 Å². The van der Waals surface area contributed by atoms with Crippen LogP contribution in [0.2, 0.25) is 0 Å². The first-order valence-electron chi connectivity index (χ1n) is 10.4. The van der Waals surface area contributed by atoms with Crippen LogP contribution in [0.5, 0.6) is 11.5 Å². The molecule has 3 rings (SSSR count). The maximum absolute atomic E-state index is 9.07. The number of hydrogen-bond acceptors (Lipinski definition) is 5. The van der Waals surface area contributed by atoms with Gasteiger partial charge < -0.3 is 14.4 Å². The molecule has 3 aromatic carbocycles. The molecule has 0 heterocycles. The second-order valence-electron chi connectivity index (χ2n) is 7.04. The van der Waals surface area contributed by atoms with Crippen LogP contribution in [0.4, 0.5) is 5.69 Å². The van der Waals surface area contributed by atoms with Crippen molar-refractivity contribution in [3.05, 3.63) is 89.5 Å². The predicted octanol–water partition coefficient (Wildman–Crippen LogP) is 6.02. The molecule has 5 nitrogen and oxygen atoms in total. The Morgan fingerprint density at radius 3 is 1.75 bits per heavy atom. The molecule has 0 bridgehead atoms. The van der Waals surface area contributed by atoms with Gasteiger partial charge in [0.05, 0.1) is 31.5 Å². The quantitative estimate of drug-likeness (QED) is 0.313. The minimum atomic E-state index is 0.627. The van der Waals surface area contributed by atoms with E-state index >= 15 is 0 Å². The monoisotopic (exact) mass is 445 g/mol. The second-order valence-corrected chi connectivity index (χ2v) is 8.27. The smallest absolute Gasteiger partial charge is 0.164 e. The van der Waals surface area contributed by atoms with E-state index in [2.05, 4.69) is 42.2 Å². The summed E-state index contributed by atoms with van der Waals surface area (Å²) in [5, 5.41) is 10.0. The molecular formula is C26H27N3O2S. The summed E-state index contributed by atoms with van der Waals surface area (Å²) in [4.78, 5) is 7.20. The standard InChI is InChI=1S/C26H27N3O2S/c1-4-32-26(28-23-11-5-20(17-27)6-12-23)29(18-21-7-13-24(30-2)14-8-21)19-22-9-15-25(31-3)16-10-22/h5-16H,4,18-19H2,1-3H3. The normalized spacial score (nSPS) is 11.0. The van der Waals surface area contributed by atoms with Gasteiger partial charge in [-0.25, -0.2) is 4.99 Å². The van der Waals surface area contributed by atoms with Crippen LogP contribution in [0, 0.1) is 11.3 Å². The lowest BCUT2D eigenvalue weighted by atomic mass is 10.1. The van der Waals surface area contributed by atoms with Crippen LogP contribution in [-0.2, 0) is 13.1 Å². The van der Waals surface area contributed by atoms with Gasteiger partial charge >= 0.3 is 0 Å². The largest absolute Gasteiger partial charge is 0.497 e. The Morgan fingerprint density at radius 2 is 1.34 bits per heavy atom. The summed E-state index contributed by atoms with van der Waals surface area (Å²) in [5.74, 6) is 2.58. The molecule has 0 spiro atoms. The van der Waals surface area contributed by atoms with Crippen LogP contribution in [0.25, 0.3) is 0 Å². The highest BCUT2D eigenvalue weighted by Crippen LogP contribution is 2.23. The summed E-state index contributed by atoms with van der Waals surface area (Å²) in [6.07, 6.45) is 0. The Morgan fingerprint density at radius 1 is 0.844 bits per heavy atom. The summed E-state index contributed by atoms with van der Waals surface area (Å²) < 4.78 is 10.6. The van der Waals surface area contributed by atoms with Crippen LogP contribution in [-0.4, -0.2) is 30.0 Å². The Labute approximate surface area is 194 Å². The zero-order chi connectivity index (χ0) is 22.8. The van der Waals surface area contributed by atoms with E-state index in [1.54, 1.807) is 38.1 Å². The van der Waals surface area contributed by atoms with Crippen molar-refractivity contribution in [3.8, 4) is 17.6 Å². The number of hydrogen-bond donors (Lipinski definition) is 0. The molecule has 0 aliphatic heterocycles. The van der Waals surface area contributed by atoms with Crippen LogP contribution in [0.1, 0.15) is 23.6 Å². The maximum atomic E-state index is 9.07. The van der Waals surface area contributed by atoms with Crippen LogP contribution in [0.15, 0.2) is 77.8 Å². The van der Waals surface area contributed by atoms with Crippen molar-refractivity contribution in [3.63, 3.8) is 0 Å². The van der Waals surface area contributed by atoms with E-state index in [1.807, 2.05) is 36.4 Å². The van der Waals surface area contributed by atoms with Gasteiger partial charge in [0.2, 0.25) is 0 Å². The number of nitrogens with zero attached hydrogens (tertiary/aromatic N) is 3. The third kappa shape index (κ3) is 6.53. The zero-order valence-electron chi connectivity index (χ0n) is 18.6. The molecule has 0 fully saturated rings.